The summed E-state index contributed by atoms with van der Waals surface area (Å²) >= 11 is 0.770. The predicted molar refractivity (Wildman–Crippen MR) is 478 cm³/mol. The lowest BCUT2D eigenvalue weighted by Crippen LogP contribution is -2.62. The standard InChI is InChI=1S/C87H122N22O21S/c1-5-7-20-65-79(122)102-63(40-90)78(121)104-64(74(117)95-43-71(92)113)45-131-46-72(114)96-59(34-47-24-26-50(110)27-25-47)85(128)107-32-14-13-22-66(107)80(123)101-61(38-70(91)112)86(129)108-33-15-23-67(108)81(124)103-62(39-89)77(120)98-57(28-29-73(115)116)84(127)109-44-51(111)37-69(109)82(125)99-58(35-48-41-93-54-18-11-9-16-52(48)54)76(119)97-56(30-31-88)75(118)100-60(36-49-42-94-55-19-12-10-17-53(49)55)83(126)106(4)68(21-8-6-2)87(130)105(65)3/h9-12,16-19,24-27,41-42,51,56-69,93-94,110-111H,5-8,13-15,20-23,28-40,43-46,88-90H2,1-4H3,(H2,91,112)(H2,92,113)(H,95,117)(H,96,114)(H,97,119)(H,98,120)(H,99,125)(H,100,118)(H,101,123)(H,102,122)(H,103,124)(H,104,121)(H,115,116)/t51-,56+,57+,58+,59-,60+,61+,62+,63+,64+,65+,66+,67+,68+,69+/m1/s1. The van der Waals surface area contributed by atoms with E-state index in [1.807, 2.05) is 13.8 Å². The Bertz CT molecular complexity index is 4960. The van der Waals surface area contributed by atoms with E-state index in [-0.39, 0.29) is 83.2 Å². The molecular formula is C87H122N22O21S. The average molecular weight is 1840 g/mol. The molecule has 17 amide bonds. The minimum absolute atomic E-state index is 0.00733. The number of carboxylic acids is 1. The minimum Gasteiger partial charge on any atom is -0.508 e. The van der Waals surface area contributed by atoms with Crippen molar-refractivity contribution in [2.75, 3.05) is 71.4 Å². The minimum atomic E-state index is -1.83. The van der Waals surface area contributed by atoms with Crippen LogP contribution in [0.1, 0.15) is 133 Å². The summed E-state index contributed by atoms with van der Waals surface area (Å²) in [5.41, 5.74) is 32.4. The van der Waals surface area contributed by atoms with Crippen molar-refractivity contribution in [3.05, 3.63) is 102 Å². The quantitative estimate of drug-likeness (QED) is 0.0277. The number of aromatic nitrogens is 2. The fourth-order valence-corrected chi connectivity index (χ4v) is 17.6. The van der Waals surface area contributed by atoms with Crippen molar-refractivity contribution in [3.63, 3.8) is 0 Å². The molecule has 2 aromatic heterocycles. The number of carbonyl (C=O) groups is 18. The second-order valence-corrected chi connectivity index (χ2v) is 34.3. The molecule has 0 unspecified atom stereocenters. The lowest BCUT2D eigenvalue weighted by Gasteiger charge is -2.38. The molecule has 9 rings (SSSR count). The second kappa shape index (κ2) is 48.7. The maximum Gasteiger partial charge on any atom is 0.303 e. The van der Waals surface area contributed by atoms with Crippen molar-refractivity contribution in [1.82, 2.24) is 87.6 Å². The molecule has 0 aliphatic carbocycles. The summed E-state index contributed by atoms with van der Waals surface area (Å²) in [6.45, 7) is 0.608. The first-order valence-corrected chi connectivity index (χ1v) is 45.2. The van der Waals surface area contributed by atoms with Gasteiger partial charge < -0.3 is 132 Å². The summed E-state index contributed by atoms with van der Waals surface area (Å²) in [5, 5.41) is 58.8. The number of H-pyrrole nitrogens is 2. The molecule has 15 atom stereocenters. The molecule has 0 spiro atoms. The molecule has 44 heteroatoms. The SMILES string of the molecule is CCCC[C@H]1C(=O)N(C)[C@@H](CCCC)C(=O)N[C@@H](CN)C(=O)N[C@H](C(=O)NCC(N)=O)CSCC(=O)N[C@H](Cc2ccc(O)cc2)C(=O)N2CCCC[C@H]2C(=O)N[C@@H](CC(N)=O)C(=O)N2CCC[C@H]2C(=O)N[C@@H](CN)C(=O)N[C@@H](CCC(=O)O)C(=O)N2C[C@H](O)C[C@H]2C(=O)N[C@@H](Cc2c[nH]c3ccccc23)C(=O)N[C@@H](CCN)C(=O)N[C@@H](Cc2c[nH]c3ccccc23)C(=O)N1C. The molecule has 25 N–H and O–H groups in total. The first-order chi connectivity index (χ1) is 62.6. The fraction of sp³-hybridized carbons (Fsp3) is 0.540. The van der Waals surface area contributed by atoms with Gasteiger partial charge in [0.05, 0.1) is 24.8 Å². The van der Waals surface area contributed by atoms with E-state index in [0.29, 0.717) is 77.0 Å². The Kier molecular flexibility index (Phi) is 37.9. The number of carbonyl (C=O) groups excluding carboxylic acids is 17. The molecule has 5 aromatic rings. The van der Waals surface area contributed by atoms with E-state index in [9.17, 15) is 68.1 Å². The van der Waals surface area contributed by atoms with Crippen LogP contribution in [0.2, 0.25) is 0 Å². The summed E-state index contributed by atoms with van der Waals surface area (Å²) < 4.78 is 0. The van der Waals surface area contributed by atoms with E-state index in [1.54, 1.807) is 60.9 Å². The average Bonchev–Trinajstić information content (AvgIpc) is 1.76. The number of benzene rings is 3. The number of hydrogen-bond acceptors (Lipinski definition) is 24. The third kappa shape index (κ3) is 27.6. The maximum absolute atomic E-state index is 15.7. The number of aliphatic hydroxyl groups is 1. The highest BCUT2D eigenvalue weighted by Gasteiger charge is 2.47. The van der Waals surface area contributed by atoms with Crippen LogP contribution in [0, 0.1) is 0 Å². The first-order valence-electron chi connectivity index (χ1n) is 44.1. The lowest BCUT2D eigenvalue weighted by molar-refractivity contribution is -0.149. The van der Waals surface area contributed by atoms with Gasteiger partial charge in [-0.1, -0.05) is 88.1 Å². The number of aromatic hydroxyl groups is 1. The third-order valence-electron chi connectivity index (χ3n) is 23.8. The summed E-state index contributed by atoms with van der Waals surface area (Å²) in [6, 6.07) is -2.34. The Morgan fingerprint density at radius 1 is 0.489 bits per heavy atom. The summed E-state index contributed by atoms with van der Waals surface area (Å²) in [7, 11) is 2.70. The smallest absolute Gasteiger partial charge is 0.303 e. The molecule has 43 nitrogen and oxygen atoms in total. The number of carboxylic acid groups (broad SMARTS) is 1. The number of primary amides is 2. The highest BCUT2D eigenvalue weighted by molar-refractivity contribution is 8.00. The maximum atomic E-state index is 15.7. The number of phenolic OH excluding ortho intramolecular Hbond substituents is 1. The molecule has 0 saturated carbocycles. The van der Waals surface area contributed by atoms with E-state index >= 15 is 33.6 Å². The van der Waals surface area contributed by atoms with Gasteiger partial charge in [0.25, 0.3) is 0 Å². The largest absolute Gasteiger partial charge is 0.508 e. The second-order valence-electron chi connectivity index (χ2n) is 33.3. The Balaban J connectivity index is 1.08. The molecule has 4 saturated heterocycles. The number of piperidine rings is 1. The van der Waals surface area contributed by atoms with Gasteiger partial charge in [-0.05, 0) is 105 Å². The van der Waals surface area contributed by atoms with E-state index in [4.69, 9.17) is 28.7 Å². The van der Waals surface area contributed by atoms with Crippen LogP contribution in [0.4, 0.5) is 0 Å². The van der Waals surface area contributed by atoms with Crippen molar-refractivity contribution >= 4 is 140 Å². The van der Waals surface area contributed by atoms with Gasteiger partial charge >= 0.3 is 5.97 Å². The van der Waals surface area contributed by atoms with Crippen molar-refractivity contribution in [1.29, 1.82) is 0 Å². The number of likely N-dealkylation sites (N-methyl/N-ethyl adjacent to an activating group) is 2. The van der Waals surface area contributed by atoms with Gasteiger partial charge in [-0.3, -0.25) is 86.3 Å². The van der Waals surface area contributed by atoms with Crippen molar-refractivity contribution in [3.8, 4) is 5.75 Å². The number of amides is 17. The molecule has 0 bridgehead atoms. The number of rotatable bonds is 24. The van der Waals surface area contributed by atoms with Gasteiger partial charge in [0, 0.05) is 119 Å². The van der Waals surface area contributed by atoms with E-state index < -0.39 is 260 Å². The van der Waals surface area contributed by atoms with Gasteiger partial charge in [0.1, 0.15) is 90.3 Å². The summed E-state index contributed by atoms with van der Waals surface area (Å²) in [6.07, 6.45) is 0.430. The van der Waals surface area contributed by atoms with Gasteiger partial charge in [-0.2, -0.15) is 0 Å². The van der Waals surface area contributed by atoms with Crippen LogP contribution >= 0.6 is 11.8 Å². The Labute approximate surface area is 759 Å². The van der Waals surface area contributed by atoms with Crippen LogP contribution in [0.5, 0.6) is 5.75 Å². The molecule has 3 aromatic carbocycles. The number of unbranched alkanes of at least 4 members (excludes halogenated alkanes) is 2. The molecule has 0 radical (unpaired) electrons. The number of phenols is 1. The number of aliphatic hydroxyl groups excluding tert-OH is 1. The molecule has 712 valence electrons. The van der Waals surface area contributed by atoms with E-state index in [1.165, 1.54) is 43.3 Å². The topological polar surface area (TPSA) is 666 Å². The normalized spacial score (nSPS) is 25.6. The molecule has 4 aliphatic rings. The number of aromatic amines is 2. The van der Waals surface area contributed by atoms with Crippen molar-refractivity contribution in [2.45, 2.75) is 227 Å². The van der Waals surface area contributed by atoms with E-state index in [0.717, 1.165) is 31.4 Å². The fourth-order valence-electron chi connectivity index (χ4n) is 16.7. The van der Waals surface area contributed by atoms with Gasteiger partial charge in [0.2, 0.25) is 100 Å². The zero-order valence-corrected chi connectivity index (χ0v) is 74.6. The Morgan fingerprint density at radius 3 is 1.56 bits per heavy atom. The highest BCUT2D eigenvalue weighted by atomic mass is 32.2. The zero-order valence-electron chi connectivity index (χ0n) is 73.8. The summed E-state index contributed by atoms with van der Waals surface area (Å²) in [4.78, 5) is 273. The molecule has 131 heavy (non-hydrogen) atoms. The Hall–Kier alpha value is -12.8. The number of fused-ring (bicyclic) bond motifs is 5. The van der Waals surface area contributed by atoms with Crippen molar-refractivity contribution in [2.24, 2.45) is 28.7 Å². The van der Waals surface area contributed by atoms with Crippen LogP contribution in [0.25, 0.3) is 21.8 Å². The number of thioether (sulfide) groups is 1. The van der Waals surface area contributed by atoms with Crippen LogP contribution in [-0.2, 0) is 106 Å². The number of hydrogen-bond donors (Lipinski definition) is 20. The number of aliphatic carboxylic acids is 1. The number of nitrogens with two attached hydrogens (primary N) is 5. The number of nitrogens with zero attached hydrogens (tertiary/aromatic N) is 5. The van der Waals surface area contributed by atoms with E-state index in [2.05, 4.69) is 63.1 Å². The van der Waals surface area contributed by atoms with Crippen LogP contribution in [0.3, 0.4) is 0 Å². The van der Waals surface area contributed by atoms with Crippen LogP contribution in [-0.4, -0.2) is 318 Å². The molecule has 4 fully saturated rings. The number of para-hydroxylation sites is 2. The zero-order chi connectivity index (χ0) is 95.4. The van der Waals surface area contributed by atoms with Crippen LogP contribution < -0.4 is 81.8 Å². The predicted octanol–water partition coefficient (Wildman–Crippen LogP) is -4.53. The van der Waals surface area contributed by atoms with Gasteiger partial charge in [0.15, 0.2) is 0 Å². The van der Waals surface area contributed by atoms with Gasteiger partial charge in [-0.15, -0.1) is 11.8 Å². The highest BCUT2D eigenvalue weighted by Crippen LogP contribution is 2.29. The summed E-state index contributed by atoms with van der Waals surface area (Å²) in [5.74, 6) is -18.9. The number of nitrogens with one attached hydrogen (secondary N) is 12. The molecular weight excluding hydrogens is 1720 g/mol. The van der Waals surface area contributed by atoms with Crippen LogP contribution in [0.15, 0.2) is 85.2 Å². The first kappa shape index (κ1) is 102. The molecule has 4 aliphatic heterocycles. The monoisotopic (exact) mass is 1840 g/mol. The lowest BCUT2D eigenvalue weighted by atomic mass is 9.97. The third-order valence-corrected chi connectivity index (χ3v) is 24.9. The van der Waals surface area contributed by atoms with Crippen molar-refractivity contribution < 1.29 is 102 Å². The Morgan fingerprint density at radius 2 is 0.977 bits per heavy atom. The molecule has 6 heterocycles. The van der Waals surface area contributed by atoms with Gasteiger partial charge in [-0.25, -0.2) is 0 Å².